The highest BCUT2D eigenvalue weighted by atomic mass is 16.5. The van der Waals surface area contributed by atoms with Gasteiger partial charge in [0, 0.05) is 51.3 Å². The summed E-state index contributed by atoms with van der Waals surface area (Å²) < 4.78 is 5.48. The first kappa shape index (κ1) is 19.6. The number of morpholine rings is 1. The van der Waals surface area contributed by atoms with Crippen molar-refractivity contribution < 1.29 is 9.53 Å². The highest BCUT2D eigenvalue weighted by Gasteiger charge is 2.26. The lowest BCUT2D eigenvalue weighted by Gasteiger charge is -2.33. The molecule has 4 heterocycles. The van der Waals surface area contributed by atoms with Gasteiger partial charge in [-0.25, -0.2) is 9.97 Å². The third kappa shape index (κ3) is 4.82. The number of aromatic nitrogens is 3. The second kappa shape index (κ2) is 8.73. The molecule has 4 rings (SSSR count). The number of nitrogens with zero attached hydrogens (tertiary/aromatic N) is 5. The molecule has 1 N–H and O–H groups in total. The quantitative estimate of drug-likeness (QED) is 0.850. The molecule has 0 saturated carbocycles. The Hall–Kier alpha value is -2.74. The van der Waals surface area contributed by atoms with Crippen molar-refractivity contribution in [3.63, 3.8) is 0 Å². The van der Waals surface area contributed by atoms with Gasteiger partial charge in [-0.15, -0.1) is 0 Å². The number of pyridine rings is 1. The van der Waals surface area contributed by atoms with Gasteiger partial charge >= 0.3 is 0 Å². The van der Waals surface area contributed by atoms with Crippen LogP contribution in [0.25, 0.3) is 0 Å². The summed E-state index contributed by atoms with van der Waals surface area (Å²) >= 11 is 0. The highest BCUT2D eigenvalue weighted by molar-refractivity contribution is 5.73. The lowest BCUT2D eigenvalue weighted by molar-refractivity contribution is -0.130. The molecule has 0 spiro atoms. The number of anilines is 3. The van der Waals surface area contributed by atoms with Crippen molar-refractivity contribution >= 4 is 23.5 Å². The zero-order valence-electron chi connectivity index (χ0n) is 17.1. The molecule has 0 aliphatic carbocycles. The van der Waals surface area contributed by atoms with E-state index in [1.807, 2.05) is 30.0 Å². The Morgan fingerprint density at radius 3 is 2.76 bits per heavy atom. The van der Waals surface area contributed by atoms with Crippen LogP contribution in [0.3, 0.4) is 0 Å². The fraction of sp³-hybridized carbons (Fsp3) is 0.524. The number of hydrogen-bond acceptors (Lipinski definition) is 7. The van der Waals surface area contributed by atoms with Gasteiger partial charge in [0.2, 0.25) is 11.9 Å². The number of piperidine rings is 1. The zero-order chi connectivity index (χ0) is 20.2. The molecule has 1 atom stereocenters. The van der Waals surface area contributed by atoms with Crippen molar-refractivity contribution in [1.82, 2.24) is 19.9 Å². The molecule has 154 valence electrons. The van der Waals surface area contributed by atoms with Crippen LogP contribution < -0.4 is 10.2 Å². The molecule has 8 nitrogen and oxygen atoms in total. The summed E-state index contributed by atoms with van der Waals surface area (Å²) in [6.07, 6.45) is 3.79. The summed E-state index contributed by atoms with van der Waals surface area (Å²) in [6.45, 7) is 8.11. The fourth-order valence-electron chi connectivity index (χ4n) is 3.87. The molecule has 0 radical (unpaired) electrons. The van der Waals surface area contributed by atoms with Gasteiger partial charge < -0.3 is 19.9 Å². The van der Waals surface area contributed by atoms with Gasteiger partial charge in [-0.05, 0) is 37.5 Å². The number of carbonyl (C=O) groups is 1. The number of ether oxygens (including phenoxy) is 1. The zero-order valence-corrected chi connectivity index (χ0v) is 17.1. The average molecular weight is 396 g/mol. The summed E-state index contributed by atoms with van der Waals surface area (Å²) in [5.74, 6) is 2.54. The third-order valence-corrected chi connectivity index (χ3v) is 5.48. The van der Waals surface area contributed by atoms with Crippen LogP contribution in [0.5, 0.6) is 0 Å². The largest absolute Gasteiger partial charge is 0.378 e. The van der Waals surface area contributed by atoms with Gasteiger partial charge in [-0.1, -0.05) is 0 Å². The smallest absolute Gasteiger partial charge is 0.227 e. The predicted octanol–water partition coefficient (Wildman–Crippen LogP) is 2.49. The molecule has 2 fully saturated rings. The lowest BCUT2D eigenvalue weighted by atomic mass is 9.94. The number of hydrogen-bond donors (Lipinski definition) is 1. The van der Waals surface area contributed by atoms with Crippen molar-refractivity contribution in [2.45, 2.75) is 32.6 Å². The molecule has 29 heavy (non-hydrogen) atoms. The summed E-state index contributed by atoms with van der Waals surface area (Å²) in [5.41, 5.74) is 2.11. The van der Waals surface area contributed by atoms with Crippen molar-refractivity contribution in [2.24, 2.45) is 0 Å². The maximum atomic E-state index is 11.9. The van der Waals surface area contributed by atoms with Gasteiger partial charge in [0.15, 0.2) is 0 Å². The van der Waals surface area contributed by atoms with Crippen LogP contribution in [-0.2, 0) is 9.53 Å². The summed E-state index contributed by atoms with van der Waals surface area (Å²) in [6, 6.07) is 5.96. The van der Waals surface area contributed by atoms with Crippen LogP contribution in [-0.4, -0.2) is 65.2 Å². The number of aryl methyl sites for hydroxylation is 1. The standard InChI is InChI=1S/C21H28N6O2/c1-15-5-6-22-19(12-15)24-20-13-18(17-4-3-7-27(14-17)16(2)28)23-21(25-20)26-8-10-29-11-9-26/h5-6,12-13,17H,3-4,7-11,14H2,1-2H3,(H,22,23,24,25). The molecule has 8 heteroatoms. The first-order chi connectivity index (χ1) is 14.1. The van der Waals surface area contributed by atoms with E-state index in [0.717, 1.165) is 55.4 Å². The minimum absolute atomic E-state index is 0.125. The summed E-state index contributed by atoms with van der Waals surface area (Å²) in [7, 11) is 0. The number of nitrogens with one attached hydrogen (secondary N) is 1. The van der Waals surface area contributed by atoms with E-state index in [-0.39, 0.29) is 11.8 Å². The maximum Gasteiger partial charge on any atom is 0.227 e. The Balaban J connectivity index is 1.64. The molecular formula is C21H28N6O2. The van der Waals surface area contributed by atoms with Crippen molar-refractivity contribution in [3.05, 3.63) is 35.7 Å². The van der Waals surface area contributed by atoms with Crippen molar-refractivity contribution in [1.29, 1.82) is 0 Å². The molecule has 2 saturated heterocycles. The SMILES string of the molecule is CC(=O)N1CCCC(c2cc(Nc3cc(C)ccn3)nc(N3CCOCC3)n2)C1. The van der Waals surface area contributed by atoms with E-state index in [1.54, 1.807) is 13.1 Å². The van der Waals surface area contributed by atoms with Crippen LogP contribution in [0.4, 0.5) is 17.6 Å². The number of amides is 1. The second-order valence-corrected chi connectivity index (χ2v) is 7.73. The van der Waals surface area contributed by atoms with Crippen LogP contribution >= 0.6 is 0 Å². The molecule has 2 aliphatic rings. The Morgan fingerprint density at radius 1 is 1.17 bits per heavy atom. The minimum atomic E-state index is 0.125. The third-order valence-electron chi connectivity index (χ3n) is 5.48. The summed E-state index contributed by atoms with van der Waals surface area (Å²) in [4.78, 5) is 30.0. The second-order valence-electron chi connectivity index (χ2n) is 7.73. The van der Waals surface area contributed by atoms with Crippen LogP contribution in [0.1, 0.15) is 36.9 Å². The minimum Gasteiger partial charge on any atom is -0.378 e. The molecular weight excluding hydrogens is 368 g/mol. The van der Waals surface area contributed by atoms with Crippen LogP contribution in [0.2, 0.25) is 0 Å². The lowest BCUT2D eigenvalue weighted by Crippen LogP contribution is -2.39. The maximum absolute atomic E-state index is 11.9. The van der Waals surface area contributed by atoms with Gasteiger partial charge in [0.05, 0.1) is 18.9 Å². The van der Waals surface area contributed by atoms with Crippen molar-refractivity contribution in [2.75, 3.05) is 49.6 Å². The van der Waals surface area contributed by atoms with Gasteiger partial charge in [-0.3, -0.25) is 4.79 Å². The van der Waals surface area contributed by atoms with E-state index in [2.05, 4.69) is 15.2 Å². The van der Waals surface area contributed by atoms with Crippen LogP contribution in [0, 0.1) is 6.92 Å². The normalized spacial score (nSPS) is 19.9. The van der Waals surface area contributed by atoms with E-state index in [4.69, 9.17) is 14.7 Å². The first-order valence-corrected chi connectivity index (χ1v) is 10.3. The van der Waals surface area contributed by atoms with E-state index < -0.39 is 0 Å². The van der Waals surface area contributed by atoms with Gasteiger partial charge in [-0.2, -0.15) is 4.98 Å². The summed E-state index contributed by atoms with van der Waals surface area (Å²) in [5, 5.41) is 3.34. The van der Waals surface area contributed by atoms with Gasteiger partial charge in [0.25, 0.3) is 0 Å². The Bertz CT molecular complexity index is 868. The molecule has 2 aliphatic heterocycles. The van der Waals surface area contributed by atoms with Gasteiger partial charge in [0.1, 0.15) is 11.6 Å². The first-order valence-electron chi connectivity index (χ1n) is 10.3. The van der Waals surface area contributed by atoms with Crippen molar-refractivity contribution in [3.8, 4) is 0 Å². The topological polar surface area (TPSA) is 83.5 Å². The number of carbonyl (C=O) groups excluding carboxylic acids is 1. The Kier molecular flexibility index (Phi) is 5.89. The number of rotatable bonds is 4. The average Bonchev–Trinajstić information content (AvgIpc) is 2.74. The van der Waals surface area contributed by atoms with E-state index >= 15 is 0 Å². The monoisotopic (exact) mass is 396 g/mol. The Morgan fingerprint density at radius 2 is 2.00 bits per heavy atom. The molecule has 1 amide bonds. The van der Waals surface area contributed by atoms with E-state index in [1.165, 1.54) is 0 Å². The molecule has 2 aromatic heterocycles. The van der Waals surface area contributed by atoms with Crippen LogP contribution in [0.15, 0.2) is 24.4 Å². The van der Waals surface area contributed by atoms with E-state index in [0.29, 0.717) is 25.7 Å². The molecule has 0 bridgehead atoms. The highest BCUT2D eigenvalue weighted by Crippen LogP contribution is 2.29. The predicted molar refractivity (Wildman–Crippen MR) is 112 cm³/mol. The molecule has 2 aromatic rings. The Labute approximate surface area is 171 Å². The fourth-order valence-corrected chi connectivity index (χ4v) is 3.87. The van der Waals surface area contributed by atoms with E-state index in [9.17, 15) is 4.79 Å². The molecule has 0 aromatic carbocycles. The number of likely N-dealkylation sites (tertiary alicyclic amines) is 1. The molecule has 1 unspecified atom stereocenters.